The molecule has 0 saturated carbocycles. The summed E-state index contributed by atoms with van der Waals surface area (Å²) in [5, 5.41) is 6.96. The van der Waals surface area contributed by atoms with Gasteiger partial charge in [-0.15, -0.1) is 0 Å². The first-order valence-corrected chi connectivity index (χ1v) is 9.99. The molecule has 4 aromatic rings. The Kier molecular flexibility index (Phi) is 5.80. The molecule has 0 aliphatic heterocycles. The van der Waals surface area contributed by atoms with Crippen molar-refractivity contribution in [3.8, 4) is 28.6 Å². The number of carbonyl (C=O) groups excluding carboxylic acids is 1. The maximum Gasteiger partial charge on any atom is 0.262 e. The summed E-state index contributed by atoms with van der Waals surface area (Å²) < 4.78 is 11.3. The van der Waals surface area contributed by atoms with Crippen molar-refractivity contribution >= 4 is 11.6 Å². The van der Waals surface area contributed by atoms with Crippen LogP contribution in [0.15, 0.2) is 71.3 Å². The highest BCUT2D eigenvalue weighted by Gasteiger charge is 2.16. The second kappa shape index (κ2) is 8.83. The number of amides is 1. The summed E-state index contributed by atoms with van der Waals surface area (Å²) in [6.45, 7) is 5.86. The van der Waals surface area contributed by atoms with E-state index in [4.69, 9.17) is 9.26 Å². The molecular formula is C25H23N3O3. The van der Waals surface area contributed by atoms with Gasteiger partial charge in [-0.2, -0.15) is 4.98 Å². The van der Waals surface area contributed by atoms with Crippen LogP contribution in [0.4, 0.5) is 5.69 Å². The quantitative estimate of drug-likeness (QED) is 0.461. The van der Waals surface area contributed by atoms with Gasteiger partial charge in [-0.05, 0) is 62.2 Å². The predicted octanol–water partition coefficient (Wildman–Crippen LogP) is 5.35. The smallest absolute Gasteiger partial charge is 0.262 e. The second-order valence-corrected chi connectivity index (χ2v) is 7.50. The van der Waals surface area contributed by atoms with Crippen LogP contribution >= 0.6 is 0 Å². The first-order valence-electron chi connectivity index (χ1n) is 9.99. The molecule has 31 heavy (non-hydrogen) atoms. The number of rotatable bonds is 6. The Morgan fingerprint density at radius 2 is 1.71 bits per heavy atom. The van der Waals surface area contributed by atoms with Crippen molar-refractivity contribution in [3.05, 3.63) is 83.4 Å². The number of nitrogens with zero attached hydrogens (tertiary/aromatic N) is 2. The molecule has 0 spiro atoms. The Morgan fingerprint density at radius 3 is 2.48 bits per heavy atom. The van der Waals surface area contributed by atoms with Crippen LogP contribution in [0.2, 0.25) is 0 Å². The Labute approximate surface area is 180 Å². The molecule has 1 heterocycles. The molecule has 1 aromatic heterocycles. The van der Waals surface area contributed by atoms with E-state index in [9.17, 15) is 4.79 Å². The van der Waals surface area contributed by atoms with Crippen molar-refractivity contribution in [2.24, 2.45) is 0 Å². The number of anilines is 1. The highest BCUT2D eigenvalue weighted by atomic mass is 16.5. The fourth-order valence-corrected chi connectivity index (χ4v) is 3.39. The molecule has 0 saturated heterocycles. The summed E-state index contributed by atoms with van der Waals surface area (Å²) in [6, 6.07) is 21.1. The molecule has 0 radical (unpaired) electrons. The van der Waals surface area contributed by atoms with Crippen LogP contribution in [-0.2, 0) is 4.79 Å². The Balaban J connectivity index is 1.48. The van der Waals surface area contributed by atoms with Crippen LogP contribution in [0.3, 0.4) is 0 Å². The lowest BCUT2D eigenvalue weighted by molar-refractivity contribution is -0.118. The summed E-state index contributed by atoms with van der Waals surface area (Å²) in [5.41, 5.74) is 5.54. The Morgan fingerprint density at radius 1 is 0.935 bits per heavy atom. The molecule has 0 bridgehead atoms. The summed E-state index contributed by atoms with van der Waals surface area (Å²) in [4.78, 5) is 16.9. The molecule has 1 N–H and O–H groups in total. The van der Waals surface area contributed by atoms with E-state index in [2.05, 4.69) is 21.5 Å². The summed E-state index contributed by atoms with van der Waals surface area (Å²) >= 11 is 0. The SMILES string of the molecule is Cc1cc(C)cc(NC(=O)COc2ccccc2-c2nc(-c3cccc(C)c3)no2)c1. The fourth-order valence-electron chi connectivity index (χ4n) is 3.39. The van der Waals surface area contributed by atoms with Crippen molar-refractivity contribution < 1.29 is 14.1 Å². The van der Waals surface area contributed by atoms with Crippen LogP contribution < -0.4 is 10.1 Å². The Bertz CT molecular complexity index is 1210. The van der Waals surface area contributed by atoms with E-state index < -0.39 is 0 Å². The molecule has 0 atom stereocenters. The van der Waals surface area contributed by atoms with E-state index in [1.165, 1.54) is 0 Å². The maximum absolute atomic E-state index is 12.4. The largest absolute Gasteiger partial charge is 0.483 e. The molecule has 4 rings (SSSR count). The van der Waals surface area contributed by atoms with Crippen molar-refractivity contribution in [2.75, 3.05) is 11.9 Å². The normalized spacial score (nSPS) is 10.7. The van der Waals surface area contributed by atoms with Gasteiger partial charge in [0.1, 0.15) is 5.75 Å². The molecule has 0 aliphatic rings. The zero-order valence-electron chi connectivity index (χ0n) is 17.7. The van der Waals surface area contributed by atoms with Crippen molar-refractivity contribution in [2.45, 2.75) is 20.8 Å². The van der Waals surface area contributed by atoms with E-state index >= 15 is 0 Å². The van der Waals surface area contributed by atoms with Crippen molar-refractivity contribution in [1.82, 2.24) is 10.1 Å². The van der Waals surface area contributed by atoms with Gasteiger partial charge in [-0.1, -0.05) is 47.1 Å². The van der Waals surface area contributed by atoms with Gasteiger partial charge in [-0.3, -0.25) is 4.79 Å². The average Bonchev–Trinajstić information content (AvgIpc) is 3.22. The number of carbonyl (C=O) groups is 1. The van der Waals surface area contributed by atoms with Gasteiger partial charge in [-0.25, -0.2) is 0 Å². The van der Waals surface area contributed by atoms with Gasteiger partial charge in [0.15, 0.2) is 6.61 Å². The van der Waals surface area contributed by atoms with Crippen LogP contribution in [0.1, 0.15) is 16.7 Å². The third-order valence-electron chi connectivity index (χ3n) is 4.68. The average molecular weight is 413 g/mol. The number of benzene rings is 3. The summed E-state index contributed by atoms with van der Waals surface area (Å²) in [7, 11) is 0. The number of hydrogen-bond acceptors (Lipinski definition) is 5. The fraction of sp³-hybridized carbons (Fsp3) is 0.160. The van der Waals surface area contributed by atoms with Crippen LogP contribution in [0.5, 0.6) is 5.75 Å². The summed E-state index contributed by atoms with van der Waals surface area (Å²) in [5.74, 6) is 1.09. The van der Waals surface area contributed by atoms with Gasteiger partial charge in [0.05, 0.1) is 5.56 Å². The van der Waals surface area contributed by atoms with Crippen LogP contribution in [0, 0.1) is 20.8 Å². The van der Waals surface area contributed by atoms with Gasteiger partial charge in [0.2, 0.25) is 5.82 Å². The molecule has 3 aromatic carbocycles. The van der Waals surface area contributed by atoms with Crippen molar-refractivity contribution in [3.63, 3.8) is 0 Å². The van der Waals surface area contributed by atoms with Gasteiger partial charge < -0.3 is 14.6 Å². The first kappa shape index (κ1) is 20.3. The molecule has 6 heteroatoms. The van der Waals surface area contributed by atoms with Gasteiger partial charge in [0, 0.05) is 11.3 Å². The molecule has 0 unspecified atom stereocenters. The van der Waals surface area contributed by atoms with Crippen LogP contribution in [0.25, 0.3) is 22.8 Å². The topological polar surface area (TPSA) is 77.2 Å². The van der Waals surface area contributed by atoms with E-state index in [1.54, 1.807) is 6.07 Å². The van der Waals surface area contributed by atoms with E-state index in [1.807, 2.05) is 75.4 Å². The summed E-state index contributed by atoms with van der Waals surface area (Å²) in [6.07, 6.45) is 0. The predicted molar refractivity (Wildman–Crippen MR) is 120 cm³/mol. The number of ether oxygens (including phenoxy) is 1. The molecule has 0 fully saturated rings. The number of nitrogens with one attached hydrogen (secondary N) is 1. The van der Waals surface area contributed by atoms with Crippen LogP contribution in [-0.4, -0.2) is 22.7 Å². The minimum atomic E-state index is -0.245. The maximum atomic E-state index is 12.4. The standard InChI is InChI=1S/C25H23N3O3/c1-16-7-6-8-19(12-16)24-27-25(31-28-24)21-9-4-5-10-22(21)30-15-23(29)26-20-13-17(2)11-18(3)14-20/h4-14H,15H2,1-3H3,(H,26,29). The first-order chi connectivity index (χ1) is 15.0. The molecule has 0 aliphatic carbocycles. The molecule has 6 nitrogen and oxygen atoms in total. The number of aromatic nitrogens is 2. The minimum Gasteiger partial charge on any atom is -0.483 e. The lowest BCUT2D eigenvalue weighted by Crippen LogP contribution is -2.20. The third-order valence-corrected chi connectivity index (χ3v) is 4.68. The molecule has 156 valence electrons. The number of para-hydroxylation sites is 1. The minimum absolute atomic E-state index is 0.136. The van der Waals surface area contributed by atoms with Gasteiger partial charge >= 0.3 is 0 Å². The highest BCUT2D eigenvalue weighted by molar-refractivity contribution is 5.92. The van der Waals surface area contributed by atoms with Crippen molar-refractivity contribution in [1.29, 1.82) is 0 Å². The lowest BCUT2D eigenvalue weighted by atomic mass is 10.1. The molecular weight excluding hydrogens is 390 g/mol. The molecule has 1 amide bonds. The number of aryl methyl sites for hydroxylation is 3. The van der Waals surface area contributed by atoms with E-state index in [0.29, 0.717) is 23.0 Å². The number of hydrogen-bond donors (Lipinski definition) is 1. The lowest BCUT2D eigenvalue weighted by Gasteiger charge is -2.10. The zero-order valence-corrected chi connectivity index (χ0v) is 17.7. The van der Waals surface area contributed by atoms with E-state index in [-0.39, 0.29) is 12.5 Å². The third kappa shape index (κ3) is 4.98. The van der Waals surface area contributed by atoms with E-state index in [0.717, 1.165) is 27.9 Å². The Hall–Kier alpha value is -3.93. The highest BCUT2D eigenvalue weighted by Crippen LogP contribution is 2.30. The monoisotopic (exact) mass is 413 g/mol. The zero-order chi connectivity index (χ0) is 21.8. The second-order valence-electron chi connectivity index (χ2n) is 7.50. The van der Waals surface area contributed by atoms with Gasteiger partial charge in [0.25, 0.3) is 11.8 Å².